The van der Waals surface area contributed by atoms with Gasteiger partial charge in [0.2, 0.25) is 5.91 Å². The van der Waals surface area contributed by atoms with Crippen LogP contribution >= 0.6 is 0 Å². The van der Waals surface area contributed by atoms with Gasteiger partial charge in [0, 0.05) is 19.6 Å². The molecule has 1 aromatic carbocycles. The molecular formula is C17H26N2O3. The van der Waals surface area contributed by atoms with E-state index < -0.39 is 0 Å². The number of benzene rings is 1. The van der Waals surface area contributed by atoms with E-state index in [1.807, 2.05) is 12.1 Å². The Balaban J connectivity index is 1.97. The minimum atomic E-state index is 0.109. The number of nitrogens with zero attached hydrogens (tertiary/aromatic N) is 1. The Bertz CT molecular complexity index is 517. The van der Waals surface area contributed by atoms with Gasteiger partial charge in [-0.3, -0.25) is 9.69 Å². The Morgan fingerprint density at radius 3 is 2.55 bits per heavy atom. The fraction of sp³-hybridized carbons (Fsp3) is 0.588. The highest BCUT2D eigenvalue weighted by molar-refractivity contribution is 5.78. The molecule has 0 bridgehead atoms. The van der Waals surface area contributed by atoms with Crippen molar-refractivity contribution in [1.29, 1.82) is 0 Å². The average molecular weight is 306 g/mol. The van der Waals surface area contributed by atoms with Crippen molar-refractivity contribution in [3.05, 3.63) is 23.3 Å². The zero-order valence-electron chi connectivity index (χ0n) is 13.8. The normalized spacial score (nSPS) is 14.3. The first-order valence-electron chi connectivity index (χ1n) is 7.90. The average Bonchev–Trinajstić information content (AvgIpc) is 2.53. The Morgan fingerprint density at radius 1 is 1.23 bits per heavy atom. The third kappa shape index (κ3) is 4.13. The maximum Gasteiger partial charge on any atom is 0.234 e. The van der Waals surface area contributed by atoms with Gasteiger partial charge in [-0.2, -0.15) is 0 Å². The van der Waals surface area contributed by atoms with Gasteiger partial charge >= 0.3 is 0 Å². The second kappa shape index (κ2) is 8.03. The molecule has 5 heteroatoms. The maximum atomic E-state index is 11.9. The van der Waals surface area contributed by atoms with E-state index in [-0.39, 0.29) is 5.91 Å². The van der Waals surface area contributed by atoms with Gasteiger partial charge < -0.3 is 14.8 Å². The molecule has 0 saturated heterocycles. The van der Waals surface area contributed by atoms with E-state index >= 15 is 0 Å². The Morgan fingerprint density at radius 2 is 1.91 bits per heavy atom. The number of hydrogen-bond donors (Lipinski definition) is 1. The third-order valence-electron chi connectivity index (χ3n) is 4.02. The summed E-state index contributed by atoms with van der Waals surface area (Å²) in [5, 5.41) is 2.97. The van der Waals surface area contributed by atoms with Gasteiger partial charge in [0.1, 0.15) is 0 Å². The number of hydrogen-bond acceptors (Lipinski definition) is 4. The molecule has 0 radical (unpaired) electrons. The number of fused-ring (bicyclic) bond motifs is 1. The van der Waals surface area contributed by atoms with Crippen LogP contribution in [0.25, 0.3) is 0 Å². The van der Waals surface area contributed by atoms with Crippen LogP contribution in [0.15, 0.2) is 12.1 Å². The molecule has 2 rings (SSSR count). The molecule has 1 N–H and O–H groups in total. The highest BCUT2D eigenvalue weighted by Crippen LogP contribution is 2.33. The quantitative estimate of drug-likeness (QED) is 0.783. The van der Waals surface area contributed by atoms with Crippen molar-refractivity contribution in [2.45, 2.75) is 32.7 Å². The summed E-state index contributed by atoms with van der Waals surface area (Å²) in [7, 11) is 3.30. The fourth-order valence-electron chi connectivity index (χ4n) is 2.74. The summed E-state index contributed by atoms with van der Waals surface area (Å²) in [6.07, 6.45) is 3.06. The largest absolute Gasteiger partial charge is 0.493 e. The molecule has 1 heterocycles. The summed E-state index contributed by atoms with van der Waals surface area (Å²) in [6.45, 7) is 5.01. The lowest BCUT2D eigenvalue weighted by molar-refractivity contribution is -0.122. The molecule has 1 amide bonds. The predicted octanol–water partition coefficient (Wildman–Crippen LogP) is 1.98. The van der Waals surface area contributed by atoms with Crippen LogP contribution in [0.4, 0.5) is 0 Å². The van der Waals surface area contributed by atoms with Gasteiger partial charge in [-0.05, 0) is 36.1 Å². The number of amides is 1. The lowest BCUT2D eigenvalue weighted by atomic mass is 9.99. The zero-order chi connectivity index (χ0) is 15.9. The van der Waals surface area contributed by atoms with Crippen molar-refractivity contribution in [3.8, 4) is 11.5 Å². The van der Waals surface area contributed by atoms with Crippen LogP contribution in [0.1, 0.15) is 30.9 Å². The molecule has 0 fully saturated rings. The Kier molecular flexibility index (Phi) is 6.07. The Labute approximate surface area is 132 Å². The molecule has 0 atom stereocenters. The molecule has 0 saturated carbocycles. The van der Waals surface area contributed by atoms with E-state index in [0.29, 0.717) is 6.54 Å². The molecule has 1 aliphatic rings. The number of methoxy groups -OCH3 is 2. The molecule has 0 spiro atoms. The molecule has 22 heavy (non-hydrogen) atoms. The van der Waals surface area contributed by atoms with Crippen molar-refractivity contribution in [1.82, 2.24) is 10.2 Å². The fourth-order valence-corrected chi connectivity index (χ4v) is 2.74. The monoisotopic (exact) mass is 306 g/mol. The molecule has 1 aliphatic heterocycles. The van der Waals surface area contributed by atoms with E-state index in [4.69, 9.17) is 9.47 Å². The Hall–Kier alpha value is -1.75. The first kappa shape index (κ1) is 16.6. The first-order valence-corrected chi connectivity index (χ1v) is 7.90. The number of nitrogens with one attached hydrogen (secondary N) is 1. The molecule has 0 unspecified atom stereocenters. The molecule has 0 aromatic heterocycles. The van der Waals surface area contributed by atoms with Gasteiger partial charge in [0.05, 0.1) is 20.8 Å². The third-order valence-corrected chi connectivity index (χ3v) is 4.02. The highest BCUT2D eigenvalue weighted by atomic mass is 16.5. The zero-order valence-corrected chi connectivity index (χ0v) is 13.8. The van der Waals surface area contributed by atoms with E-state index in [9.17, 15) is 4.79 Å². The molecule has 0 aliphatic carbocycles. The highest BCUT2D eigenvalue weighted by Gasteiger charge is 2.20. The minimum Gasteiger partial charge on any atom is -0.493 e. The number of carbonyl (C=O) groups excluding carboxylic acids is 1. The van der Waals surface area contributed by atoms with Crippen LogP contribution < -0.4 is 14.8 Å². The van der Waals surface area contributed by atoms with E-state index in [0.717, 1.165) is 50.4 Å². The lowest BCUT2D eigenvalue weighted by Crippen LogP contribution is -2.40. The molecular weight excluding hydrogens is 280 g/mol. The number of ether oxygens (including phenoxy) is 2. The van der Waals surface area contributed by atoms with Gasteiger partial charge in [-0.1, -0.05) is 13.3 Å². The van der Waals surface area contributed by atoms with E-state index in [1.165, 1.54) is 11.1 Å². The summed E-state index contributed by atoms with van der Waals surface area (Å²) in [4.78, 5) is 14.1. The first-order chi connectivity index (χ1) is 10.7. The van der Waals surface area contributed by atoms with Crippen LogP contribution in [0.5, 0.6) is 11.5 Å². The van der Waals surface area contributed by atoms with Gasteiger partial charge in [0.15, 0.2) is 11.5 Å². The van der Waals surface area contributed by atoms with Crippen molar-refractivity contribution in [2.75, 3.05) is 33.9 Å². The second-order valence-corrected chi connectivity index (χ2v) is 5.64. The molecule has 1 aromatic rings. The summed E-state index contributed by atoms with van der Waals surface area (Å²) in [5.74, 6) is 1.62. The SMILES string of the molecule is CCCCNC(=O)CN1CCc2cc(OC)c(OC)cc2C1. The topological polar surface area (TPSA) is 50.8 Å². The molecule has 5 nitrogen and oxygen atoms in total. The number of carbonyl (C=O) groups is 1. The standard InChI is InChI=1S/C17H26N2O3/c1-4-5-7-18-17(20)12-19-8-6-13-9-15(21-2)16(22-3)10-14(13)11-19/h9-10H,4-8,11-12H2,1-3H3,(H,18,20). The van der Waals surface area contributed by atoms with Crippen molar-refractivity contribution in [2.24, 2.45) is 0 Å². The predicted molar refractivity (Wildman–Crippen MR) is 86.4 cm³/mol. The van der Waals surface area contributed by atoms with Crippen LogP contribution in [0.3, 0.4) is 0 Å². The smallest absolute Gasteiger partial charge is 0.234 e. The van der Waals surface area contributed by atoms with Crippen LogP contribution in [-0.2, 0) is 17.8 Å². The minimum absolute atomic E-state index is 0.109. The van der Waals surface area contributed by atoms with E-state index in [1.54, 1.807) is 14.2 Å². The van der Waals surface area contributed by atoms with Crippen LogP contribution in [-0.4, -0.2) is 44.7 Å². The van der Waals surface area contributed by atoms with Gasteiger partial charge in [-0.25, -0.2) is 0 Å². The summed E-state index contributed by atoms with van der Waals surface area (Å²) in [6, 6.07) is 4.07. The number of rotatable bonds is 7. The summed E-state index contributed by atoms with van der Waals surface area (Å²) >= 11 is 0. The van der Waals surface area contributed by atoms with Crippen molar-refractivity contribution in [3.63, 3.8) is 0 Å². The van der Waals surface area contributed by atoms with Crippen molar-refractivity contribution >= 4 is 5.91 Å². The summed E-state index contributed by atoms with van der Waals surface area (Å²) in [5.41, 5.74) is 2.49. The number of unbranched alkanes of at least 4 members (excludes halogenated alkanes) is 1. The maximum absolute atomic E-state index is 11.9. The van der Waals surface area contributed by atoms with Crippen molar-refractivity contribution < 1.29 is 14.3 Å². The molecule has 122 valence electrons. The van der Waals surface area contributed by atoms with Gasteiger partial charge in [-0.15, -0.1) is 0 Å². The van der Waals surface area contributed by atoms with E-state index in [2.05, 4.69) is 17.1 Å². The van der Waals surface area contributed by atoms with Crippen LogP contribution in [0.2, 0.25) is 0 Å². The lowest BCUT2D eigenvalue weighted by Gasteiger charge is -2.29. The van der Waals surface area contributed by atoms with Gasteiger partial charge in [0.25, 0.3) is 0 Å². The van der Waals surface area contributed by atoms with Crippen LogP contribution in [0, 0.1) is 0 Å². The second-order valence-electron chi connectivity index (χ2n) is 5.64. The summed E-state index contributed by atoms with van der Waals surface area (Å²) < 4.78 is 10.7.